The SMILES string of the molecule is N=NC(=N)Cc1cccc(Nc2cc(O/C(C=NC3CC3)=C(/N)C3CCOCC3)ccn2)c1. The molecular weight excluding hydrogens is 418 g/mol. The summed E-state index contributed by atoms with van der Waals surface area (Å²) in [6.45, 7) is 1.41. The van der Waals surface area contributed by atoms with Crippen LogP contribution in [0.5, 0.6) is 5.75 Å². The zero-order valence-electron chi connectivity index (χ0n) is 18.5. The van der Waals surface area contributed by atoms with Gasteiger partial charge in [-0.2, -0.15) is 0 Å². The Kier molecular flexibility index (Phi) is 7.41. The Morgan fingerprint density at radius 1 is 1.21 bits per heavy atom. The van der Waals surface area contributed by atoms with Gasteiger partial charge in [0.1, 0.15) is 17.4 Å². The third-order valence-electron chi connectivity index (χ3n) is 5.56. The van der Waals surface area contributed by atoms with Crippen LogP contribution in [0.2, 0.25) is 0 Å². The fourth-order valence-electron chi connectivity index (χ4n) is 3.58. The molecule has 2 aliphatic rings. The summed E-state index contributed by atoms with van der Waals surface area (Å²) in [7, 11) is 0. The first-order valence-electron chi connectivity index (χ1n) is 11.2. The minimum Gasteiger partial charge on any atom is -0.454 e. The number of anilines is 2. The molecule has 172 valence electrons. The van der Waals surface area contributed by atoms with Gasteiger partial charge in [-0.3, -0.25) is 10.4 Å². The van der Waals surface area contributed by atoms with E-state index in [1.54, 1.807) is 18.5 Å². The first-order chi connectivity index (χ1) is 16.1. The van der Waals surface area contributed by atoms with Crippen LogP contribution < -0.4 is 15.8 Å². The van der Waals surface area contributed by atoms with Crippen molar-refractivity contribution in [2.45, 2.75) is 38.1 Å². The lowest BCUT2D eigenvalue weighted by molar-refractivity contribution is 0.0746. The second kappa shape index (κ2) is 10.8. The lowest BCUT2D eigenvalue weighted by Gasteiger charge is -2.23. The summed E-state index contributed by atoms with van der Waals surface area (Å²) in [4.78, 5) is 8.98. The van der Waals surface area contributed by atoms with E-state index in [0.717, 1.165) is 36.9 Å². The van der Waals surface area contributed by atoms with E-state index in [-0.39, 0.29) is 11.8 Å². The molecule has 0 bridgehead atoms. The van der Waals surface area contributed by atoms with Gasteiger partial charge in [-0.15, -0.1) is 5.11 Å². The average molecular weight is 448 g/mol. The minimum absolute atomic E-state index is 0.00923. The van der Waals surface area contributed by atoms with Crippen LogP contribution in [0.3, 0.4) is 0 Å². The van der Waals surface area contributed by atoms with Crippen LogP contribution in [-0.2, 0) is 11.2 Å². The molecule has 0 unspecified atom stereocenters. The van der Waals surface area contributed by atoms with Crippen molar-refractivity contribution in [3.05, 3.63) is 59.6 Å². The van der Waals surface area contributed by atoms with Gasteiger partial charge in [-0.1, -0.05) is 12.1 Å². The highest BCUT2D eigenvalue weighted by Crippen LogP contribution is 2.27. The van der Waals surface area contributed by atoms with Gasteiger partial charge in [0.05, 0.1) is 18.0 Å². The Labute approximate surface area is 193 Å². The van der Waals surface area contributed by atoms with Crippen molar-refractivity contribution >= 4 is 23.6 Å². The van der Waals surface area contributed by atoms with E-state index in [9.17, 15) is 0 Å². The lowest BCUT2D eigenvalue weighted by Crippen LogP contribution is -2.24. The molecule has 9 heteroatoms. The van der Waals surface area contributed by atoms with Crippen molar-refractivity contribution in [3.63, 3.8) is 0 Å². The Hall–Kier alpha value is -3.59. The van der Waals surface area contributed by atoms with Gasteiger partial charge >= 0.3 is 0 Å². The Bertz CT molecular complexity index is 1060. The predicted molar refractivity (Wildman–Crippen MR) is 127 cm³/mol. The number of hydrogen-bond acceptors (Lipinski definition) is 8. The molecule has 9 nitrogen and oxygen atoms in total. The highest BCUT2D eigenvalue weighted by atomic mass is 16.5. The van der Waals surface area contributed by atoms with Crippen LogP contribution in [0.15, 0.2) is 64.2 Å². The number of aromatic nitrogens is 1. The maximum atomic E-state index is 7.60. The van der Waals surface area contributed by atoms with Crippen molar-refractivity contribution in [1.29, 1.82) is 10.9 Å². The molecule has 1 aromatic carbocycles. The van der Waals surface area contributed by atoms with E-state index < -0.39 is 0 Å². The first-order valence-corrected chi connectivity index (χ1v) is 11.2. The molecule has 5 N–H and O–H groups in total. The van der Waals surface area contributed by atoms with Crippen LogP contribution in [0.4, 0.5) is 11.5 Å². The maximum Gasteiger partial charge on any atom is 0.164 e. The van der Waals surface area contributed by atoms with Crippen LogP contribution in [0.25, 0.3) is 0 Å². The zero-order valence-corrected chi connectivity index (χ0v) is 18.5. The fourth-order valence-corrected chi connectivity index (χ4v) is 3.58. The molecule has 2 aromatic rings. The van der Waals surface area contributed by atoms with Crippen molar-refractivity contribution in [1.82, 2.24) is 4.98 Å². The van der Waals surface area contributed by atoms with Crippen LogP contribution >= 0.6 is 0 Å². The van der Waals surface area contributed by atoms with Gasteiger partial charge in [-0.05, 0) is 49.4 Å². The summed E-state index contributed by atoms with van der Waals surface area (Å²) >= 11 is 0. The number of ether oxygens (including phenoxy) is 2. The van der Waals surface area contributed by atoms with E-state index in [1.807, 2.05) is 30.3 Å². The molecule has 4 rings (SSSR count). The van der Waals surface area contributed by atoms with Crippen molar-refractivity contribution < 1.29 is 9.47 Å². The molecular formula is C24H29N7O2. The Morgan fingerprint density at radius 3 is 2.79 bits per heavy atom. The van der Waals surface area contributed by atoms with Gasteiger partial charge < -0.3 is 20.5 Å². The summed E-state index contributed by atoms with van der Waals surface area (Å²) in [6.07, 6.45) is 7.72. The van der Waals surface area contributed by atoms with Crippen LogP contribution in [0.1, 0.15) is 31.2 Å². The number of rotatable bonds is 9. The molecule has 1 aliphatic heterocycles. The molecule has 1 saturated carbocycles. The van der Waals surface area contributed by atoms with Crippen LogP contribution in [-0.4, -0.2) is 36.3 Å². The largest absolute Gasteiger partial charge is 0.454 e. The quantitative estimate of drug-likeness (QED) is 0.193. The summed E-state index contributed by atoms with van der Waals surface area (Å²) in [6, 6.07) is 11.6. The van der Waals surface area contributed by atoms with Gasteiger partial charge in [0.15, 0.2) is 5.76 Å². The monoisotopic (exact) mass is 447 g/mol. The minimum atomic E-state index is 0.00923. The fraction of sp³-hybridized carbons (Fsp3) is 0.375. The zero-order chi connectivity index (χ0) is 23.0. The number of hydrogen-bond donors (Lipinski definition) is 4. The second-order valence-corrected chi connectivity index (χ2v) is 8.26. The van der Waals surface area contributed by atoms with Crippen molar-refractivity contribution in [2.75, 3.05) is 18.5 Å². The number of benzene rings is 1. The van der Waals surface area contributed by atoms with E-state index in [0.29, 0.717) is 48.7 Å². The van der Waals surface area contributed by atoms with Gasteiger partial charge in [0.25, 0.3) is 0 Å². The number of nitrogens with one attached hydrogen (secondary N) is 3. The van der Waals surface area contributed by atoms with Crippen molar-refractivity contribution in [2.24, 2.45) is 21.8 Å². The molecule has 2 heterocycles. The average Bonchev–Trinajstić information content (AvgIpc) is 3.67. The van der Waals surface area contributed by atoms with Crippen LogP contribution in [0, 0.1) is 16.9 Å². The predicted octanol–water partition coefficient (Wildman–Crippen LogP) is 4.58. The van der Waals surface area contributed by atoms with Crippen molar-refractivity contribution in [3.8, 4) is 5.75 Å². The normalized spacial score (nSPS) is 17.5. The Balaban J connectivity index is 1.50. The number of pyridine rings is 1. The maximum absolute atomic E-state index is 7.60. The van der Waals surface area contributed by atoms with E-state index in [4.69, 9.17) is 26.1 Å². The smallest absolute Gasteiger partial charge is 0.164 e. The second-order valence-electron chi connectivity index (χ2n) is 8.26. The summed E-state index contributed by atoms with van der Waals surface area (Å²) in [5, 5.41) is 14.0. The standard InChI is InChI=1S/C24H29N7O2/c25-22(31-27)13-16-2-1-3-19(12-16)30-23-14-20(6-9-28-23)33-21(15-29-18-4-5-18)24(26)17-7-10-32-11-8-17/h1-3,6,9,12,14-15,17-18,25,27H,4-5,7-8,10-11,13,26H2,(H,28,30)/b24-21+,25-22?,29-15?,31-27?. The molecule has 1 saturated heterocycles. The van der Waals surface area contributed by atoms with Gasteiger partial charge in [0, 0.05) is 43.5 Å². The topological polar surface area (TPSA) is 142 Å². The number of aliphatic imine (C=N–C) groups is 1. The molecule has 1 aromatic heterocycles. The number of nitrogens with two attached hydrogens (primary N) is 1. The van der Waals surface area contributed by atoms with E-state index >= 15 is 0 Å². The highest BCUT2D eigenvalue weighted by Gasteiger charge is 2.22. The third-order valence-corrected chi connectivity index (χ3v) is 5.56. The molecule has 33 heavy (non-hydrogen) atoms. The Morgan fingerprint density at radius 2 is 2.03 bits per heavy atom. The molecule has 1 aliphatic carbocycles. The van der Waals surface area contributed by atoms with E-state index in [2.05, 4.69) is 20.4 Å². The van der Waals surface area contributed by atoms with E-state index in [1.165, 1.54) is 0 Å². The number of nitrogens with zero attached hydrogens (tertiary/aromatic N) is 3. The number of amidine groups is 1. The highest BCUT2D eigenvalue weighted by molar-refractivity contribution is 5.81. The van der Waals surface area contributed by atoms with Gasteiger partial charge in [0.2, 0.25) is 0 Å². The number of allylic oxidation sites excluding steroid dienone is 2. The molecule has 0 radical (unpaired) electrons. The molecule has 0 atom stereocenters. The first kappa shape index (κ1) is 22.6. The summed E-state index contributed by atoms with van der Waals surface area (Å²) in [5.41, 5.74) is 15.9. The third kappa shape index (κ3) is 6.69. The van der Waals surface area contributed by atoms with Gasteiger partial charge in [-0.25, -0.2) is 10.5 Å². The lowest BCUT2D eigenvalue weighted by atomic mass is 9.96. The molecule has 0 spiro atoms. The molecule has 2 fully saturated rings. The summed E-state index contributed by atoms with van der Waals surface area (Å²) < 4.78 is 11.7. The summed E-state index contributed by atoms with van der Waals surface area (Å²) in [5.74, 6) is 2.05. The molecule has 0 amide bonds.